The number of aromatic nitrogens is 3. The van der Waals surface area contributed by atoms with Gasteiger partial charge in [-0.25, -0.2) is 9.97 Å². The number of nitro benzene ring substituents is 1. The molecule has 0 saturated carbocycles. The fourth-order valence-electron chi connectivity index (χ4n) is 3.66. The summed E-state index contributed by atoms with van der Waals surface area (Å²) < 4.78 is 0. The molecular weight excluding hydrogens is 370 g/mol. The van der Waals surface area contributed by atoms with Crippen molar-refractivity contribution in [3.05, 3.63) is 52.3 Å². The smallest absolute Gasteiger partial charge is 0.295 e. The highest BCUT2D eigenvalue weighted by atomic mass is 16.6. The molecular formula is C20H23N7O2. The Balaban J connectivity index is 1.61. The van der Waals surface area contributed by atoms with E-state index in [1.807, 2.05) is 44.1 Å². The molecule has 0 bridgehead atoms. The number of nitrogens with zero attached hydrogens (tertiary/aromatic N) is 7. The molecule has 3 aromatic rings. The number of fused-ring (bicyclic) bond motifs is 1. The first-order chi connectivity index (χ1) is 13.9. The van der Waals surface area contributed by atoms with E-state index in [-0.39, 0.29) is 10.6 Å². The zero-order valence-electron chi connectivity index (χ0n) is 16.7. The van der Waals surface area contributed by atoms with Crippen LogP contribution in [0.2, 0.25) is 0 Å². The average Bonchev–Trinajstić information content (AvgIpc) is 2.72. The molecule has 0 N–H and O–H groups in total. The van der Waals surface area contributed by atoms with Gasteiger partial charge in [0.2, 0.25) is 5.95 Å². The Kier molecular flexibility index (Phi) is 4.87. The molecule has 2 aromatic heterocycles. The highest BCUT2D eigenvalue weighted by molar-refractivity contribution is 5.97. The number of hydrogen-bond donors (Lipinski definition) is 0. The predicted molar refractivity (Wildman–Crippen MR) is 114 cm³/mol. The first-order valence-corrected chi connectivity index (χ1v) is 9.49. The third kappa shape index (κ3) is 3.63. The van der Waals surface area contributed by atoms with Gasteiger partial charge in [0.1, 0.15) is 5.82 Å². The Morgan fingerprint density at radius 2 is 1.79 bits per heavy atom. The molecule has 0 amide bonds. The normalized spacial score (nSPS) is 14.3. The number of rotatable bonds is 4. The minimum atomic E-state index is -0.367. The van der Waals surface area contributed by atoms with Crippen molar-refractivity contribution in [1.29, 1.82) is 0 Å². The number of para-hydroxylation sites is 1. The third-order valence-electron chi connectivity index (χ3n) is 5.09. The number of hydrogen-bond acceptors (Lipinski definition) is 8. The monoisotopic (exact) mass is 393 g/mol. The van der Waals surface area contributed by atoms with Crippen LogP contribution in [0.3, 0.4) is 0 Å². The zero-order chi connectivity index (χ0) is 20.5. The quantitative estimate of drug-likeness (QED) is 0.493. The lowest BCUT2D eigenvalue weighted by Gasteiger charge is -2.37. The molecule has 0 radical (unpaired) electrons. The van der Waals surface area contributed by atoms with Gasteiger partial charge >= 0.3 is 0 Å². The number of anilines is 3. The second-order valence-electron chi connectivity index (χ2n) is 7.30. The van der Waals surface area contributed by atoms with Crippen LogP contribution in [0.1, 0.15) is 5.69 Å². The van der Waals surface area contributed by atoms with E-state index in [2.05, 4.69) is 24.8 Å². The van der Waals surface area contributed by atoms with E-state index in [9.17, 15) is 10.1 Å². The molecule has 0 unspecified atom stereocenters. The number of piperazine rings is 1. The first kappa shape index (κ1) is 18.9. The Labute approximate surface area is 168 Å². The summed E-state index contributed by atoms with van der Waals surface area (Å²) in [7, 11) is 3.85. The van der Waals surface area contributed by atoms with Crippen molar-refractivity contribution in [2.75, 3.05) is 55.0 Å². The average molecular weight is 393 g/mol. The summed E-state index contributed by atoms with van der Waals surface area (Å²) >= 11 is 0. The lowest BCUT2D eigenvalue weighted by molar-refractivity contribution is -0.383. The maximum atomic E-state index is 11.4. The van der Waals surface area contributed by atoms with E-state index in [1.165, 1.54) is 6.07 Å². The molecule has 1 saturated heterocycles. The predicted octanol–water partition coefficient (Wildman–Crippen LogP) is 2.63. The Morgan fingerprint density at radius 1 is 1.07 bits per heavy atom. The van der Waals surface area contributed by atoms with E-state index in [1.54, 1.807) is 12.3 Å². The lowest BCUT2D eigenvalue weighted by Crippen LogP contribution is -2.47. The molecule has 1 aliphatic heterocycles. The van der Waals surface area contributed by atoms with Gasteiger partial charge in [-0.15, -0.1) is 0 Å². The van der Waals surface area contributed by atoms with E-state index >= 15 is 0 Å². The second-order valence-corrected chi connectivity index (χ2v) is 7.30. The van der Waals surface area contributed by atoms with Crippen LogP contribution in [0.5, 0.6) is 0 Å². The standard InChI is InChI=1S/C20H23N7O2/c1-14-13-17(15-5-4-6-16(27(28)29)19(15)22-14)25-9-11-26(12-10-25)18-7-8-21-20(23-18)24(2)3/h4-8,13H,9-12H2,1-3H3. The van der Waals surface area contributed by atoms with Crippen LogP contribution in [0.4, 0.5) is 23.1 Å². The number of non-ortho nitro benzene ring substituents is 1. The van der Waals surface area contributed by atoms with Crippen LogP contribution < -0.4 is 14.7 Å². The summed E-state index contributed by atoms with van der Waals surface area (Å²) in [6.07, 6.45) is 1.78. The first-order valence-electron chi connectivity index (χ1n) is 9.49. The molecule has 1 aliphatic rings. The zero-order valence-corrected chi connectivity index (χ0v) is 16.7. The Hall–Kier alpha value is -3.49. The van der Waals surface area contributed by atoms with E-state index in [0.29, 0.717) is 11.5 Å². The van der Waals surface area contributed by atoms with Gasteiger partial charge in [0.25, 0.3) is 5.69 Å². The molecule has 3 heterocycles. The van der Waals surface area contributed by atoms with Gasteiger partial charge < -0.3 is 14.7 Å². The summed E-state index contributed by atoms with van der Waals surface area (Å²) in [5.41, 5.74) is 2.26. The topological polar surface area (TPSA) is 91.5 Å². The third-order valence-corrected chi connectivity index (χ3v) is 5.09. The van der Waals surface area contributed by atoms with Crippen molar-refractivity contribution in [2.45, 2.75) is 6.92 Å². The molecule has 9 heteroatoms. The number of pyridine rings is 1. The number of benzene rings is 1. The fraction of sp³-hybridized carbons (Fsp3) is 0.350. The second kappa shape index (κ2) is 7.50. The van der Waals surface area contributed by atoms with Gasteiger partial charge in [0.15, 0.2) is 5.52 Å². The van der Waals surface area contributed by atoms with Gasteiger partial charge in [0.05, 0.1) is 4.92 Å². The summed E-state index contributed by atoms with van der Waals surface area (Å²) in [6.45, 7) is 5.08. The van der Waals surface area contributed by atoms with Crippen molar-refractivity contribution in [1.82, 2.24) is 15.0 Å². The van der Waals surface area contributed by atoms with Crippen molar-refractivity contribution in [2.24, 2.45) is 0 Å². The Bertz CT molecular complexity index is 1060. The van der Waals surface area contributed by atoms with Crippen LogP contribution >= 0.6 is 0 Å². The highest BCUT2D eigenvalue weighted by Gasteiger charge is 2.23. The van der Waals surface area contributed by atoms with Crippen molar-refractivity contribution < 1.29 is 4.92 Å². The van der Waals surface area contributed by atoms with E-state index < -0.39 is 0 Å². The lowest BCUT2D eigenvalue weighted by atomic mass is 10.1. The van der Waals surface area contributed by atoms with Crippen LogP contribution in [-0.4, -0.2) is 60.1 Å². The van der Waals surface area contributed by atoms with Gasteiger partial charge in [0, 0.05) is 69.3 Å². The summed E-state index contributed by atoms with van der Waals surface area (Å²) in [6, 6.07) is 9.08. The fourth-order valence-corrected chi connectivity index (χ4v) is 3.66. The number of nitro groups is 1. The van der Waals surface area contributed by atoms with Crippen LogP contribution in [0.15, 0.2) is 36.5 Å². The van der Waals surface area contributed by atoms with E-state index in [4.69, 9.17) is 0 Å². The SMILES string of the molecule is Cc1cc(N2CCN(c3ccnc(N(C)C)n3)CC2)c2cccc([N+](=O)[O-])c2n1. The molecule has 0 atom stereocenters. The maximum Gasteiger partial charge on any atom is 0.295 e. The van der Waals surface area contributed by atoms with Crippen molar-refractivity contribution in [3.63, 3.8) is 0 Å². The van der Waals surface area contributed by atoms with E-state index in [0.717, 1.165) is 48.8 Å². The van der Waals surface area contributed by atoms with Crippen LogP contribution in [0, 0.1) is 17.0 Å². The van der Waals surface area contributed by atoms with Gasteiger partial charge in [-0.1, -0.05) is 12.1 Å². The van der Waals surface area contributed by atoms with Crippen LogP contribution in [0.25, 0.3) is 10.9 Å². The largest absolute Gasteiger partial charge is 0.367 e. The van der Waals surface area contributed by atoms with Gasteiger partial charge in [-0.2, -0.15) is 4.98 Å². The van der Waals surface area contributed by atoms with Crippen LogP contribution in [-0.2, 0) is 0 Å². The minimum absolute atomic E-state index is 0.0447. The minimum Gasteiger partial charge on any atom is -0.367 e. The molecule has 9 nitrogen and oxygen atoms in total. The number of aryl methyl sites for hydroxylation is 1. The molecule has 150 valence electrons. The van der Waals surface area contributed by atoms with Crippen molar-refractivity contribution in [3.8, 4) is 0 Å². The van der Waals surface area contributed by atoms with Gasteiger partial charge in [-0.3, -0.25) is 10.1 Å². The molecule has 1 fully saturated rings. The summed E-state index contributed by atoms with van der Waals surface area (Å²) in [5.74, 6) is 1.60. The summed E-state index contributed by atoms with van der Waals surface area (Å²) in [5, 5.41) is 12.2. The summed E-state index contributed by atoms with van der Waals surface area (Å²) in [4.78, 5) is 30.8. The highest BCUT2D eigenvalue weighted by Crippen LogP contribution is 2.33. The van der Waals surface area contributed by atoms with Gasteiger partial charge in [-0.05, 0) is 19.1 Å². The Morgan fingerprint density at radius 3 is 2.48 bits per heavy atom. The molecule has 1 aromatic carbocycles. The molecule has 0 aliphatic carbocycles. The maximum absolute atomic E-state index is 11.4. The van der Waals surface area contributed by atoms with Crippen molar-refractivity contribution >= 4 is 34.0 Å². The molecule has 0 spiro atoms. The molecule has 4 rings (SSSR count). The molecule has 29 heavy (non-hydrogen) atoms.